The number of hydrogen-bond donors (Lipinski definition) is 1. The minimum Gasteiger partial charge on any atom is -0.396 e. The van der Waals surface area contributed by atoms with Gasteiger partial charge >= 0.3 is 6.18 Å². The van der Waals surface area contributed by atoms with Crippen LogP contribution in [0.2, 0.25) is 0 Å². The number of anilines is 1. The summed E-state index contributed by atoms with van der Waals surface area (Å²) < 4.78 is 40.4. The number of piperidine rings is 1. The first-order valence-electron chi connectivity index (χ1n) is 8.24. The van der Waals surface area contributed by atoms with E-state index in [9.17, 15) is 13.2 Å². The van der Waals surface area contributed by atoms with Gasteiger partial charge in [-0.2, -0.15) is 13.2 Å². The Morgan fingerprint density at radius 2 is 2.16 bits per heavy atom. The van der Waals surface area contributed by atoms with Crippen molar-refractivity contribution in [2.24, 2.45) is 5.92 Å². The van der Waals surface area contributed by atoms with E-state index in [0.717, 1.165) is 30.7 Å². The van der Waals surface area contributed by atoms with E-state index < -0.39 is 11.7 Å². The molecule has 9 heteroatoms. The summed E-state index contributed by atoms with van der Waals surface area (Å²) in [5.41, 5.74) is 0.0549. The maximum absolute atomic E-state index is 12.9. The molecule has 1 N–H and O–H groups in total. The molecule has 0 aliphatic carbocycles. The molecule has 1 saturated heterocycles. The van der Waals surface area contributed by atoms with Gasteiger partial charge in [-0.05, 0) is 30.9 Å². The van der Waals surface area contributed by atoms with Crippen molar-refractivity contribution in [2.75, 3.05) is 24.6 Å². The average molecular weight is 355 g/mol. The second-order valence-corrected chi connectivity index (χ2v) is 6.26. The Morgan fingerprint density at radius 3 is 2.92 bits per heavy atom. The maximum Gasteiger partial charge on any atom is 0.416 e. The molecule has 2 aromatic rings. The summed E-state index contributed by atoms with van der Waals surface area (Å²) in [6.45, 7) is 1.99. The largest absolute Gasteiger partial charge is 0.416 e. The van der Waals surface area contributed by atoms with Gasteiger partial charge in [0.25, 0.3) is 0 Å². The predicted octanol–water partition coefficient (Wildman–Crippen LogP) is 2.14. The summed E-state index contributed by atoms with van der Waals surface area (Å²) in [5, 5.41) is 17.0. The van der Waals surface area contributed by atoms with Gasteiger partial charge in [-0.1, -0.05) is 5.21 Å². The van der Waals surface area contributed by atoms with Gasteiger partial charge in [0.15, 0.2) is 0 Å². The fourth-order valence-corrected chi connectivity index (χ4v) is 3.11. The molecule has 0 bridgehead atoms. The van der Waals surface area contributed by atoms with E-state index in [0.29, 0.717) is 31.9 Å². The summed E-state index contributed by atoms with van der Waals surface area (Å²) in [5.74, 6) is 0.618. The number of pyridine rings is 1. The third-order valence-corrected chi connectivity index (χ3v) is 4.32. The molecule has 0 amide bonds. The van der Waals surface area contributed by atoms with Crippen LogP contribution >= 0.6 is 0 Å². The highest BCUT2D eigenvalue weighted by Gasteiger charge is 2.31. The van der Waals surface area contributed by atoms with Gasteiger partial charge in [-0.3, -0.25) is 4.68 Å². The Labute approximate surface area is 143 Å². The summed E-state index contributed by atoms with van der Waals surface area (Å²) in [7, 11) is 0. The van der Waals surface area contributed by atoms with Crippen molar-refractivity contribution in [1.82, 2.24) is 20.0 Å². The molecule has 0 radical (unpaired) electrons. The van der Waals surface area contributed by atoms with E-state index in [1.807, 2.05) is 4.90 Å². The van der Waals surface area contributed by atoms with Gasteiger partial charge in [-0.25, -0.2) is 4.98 Å². The standard InChI is InChI=1S/C16H20F3N5O/c17-16(18,19)13-3-5-20-15(8-13)23-6-1-2-12(9-23)10-24-11-14(4-7-25)21-22-24/h3,5,8,11-12,25H,1-2,4,6-7,9-10H2/t12-/m1/s1. The smallest absolute Gasteiger partial charge is 0.396 e. The van der Waals surface area contributed by atoms with E-state index in [-0.39, 0.29) is 12.5 Å². The third kappa shape index (κ3) is 4.47. The van der Waals surface area contributed by atoms with Gasteiger partial charge in [0.2, 0.25) is 0 Å². The number of aromatic nitrogens is 4. The number of halogens is 3. The van der Waals surface area contributed by atoms with Gasteiger partial charge in [0, 0.05) is 45.1 Å². The van der Waals surface area contributed by atoms with Crippen LogP contribution in [-0.4, -0.2) is 44.8 Å². The third-order valence-electron chi connectivity index (χ3n) is 4.32. The fraction of sp³-hybridized carbons (Fsp3) is 0.562. The van der Waals surface area contributed by atoms with Crippen LogP contribution in [0, 0.1) is 5.92 Å². The molecular weight excluding hydrogens is 335 g/mol. The zero-order valence-corrected chi connectivity index (χ0v) is 13.7. The molecule has 2 aromatic heterocycles. The lowest BCUT2D eigenvalue weighted by atomic mass is 9.98. The van der Waals surface area contributed by atoms with Gasteiger partial charge in [0.1, 0.15) is 5.82 Å². The number of nitrogens with zero attached hydrogens (tertiary/aromatic N) is 5. The number of hydrogen-bond acceptors (Lipinski definition) is 5. The van der Waals surface area contributed by atoms with Gasteiger partial charge in [-0.15, -0.1) is 5.10 Å². The van der Waals surface area contributed by atoms with E-state index in [4.69, 9.17) is 5.11 Å². The van der Waals surface area contributed by atoms with Crippen molar-refractivity contribution < 1.29 is 18.3 Å². The van der Waals surface area contributed by atoms with Crippen LogP contribution in [-0.2, 0) is 19.1 Å². The minimum absolute atomic E-state index is 0.0249. The van der Waals surface area contributed by atoms with Crippen LogP contribution in [0.15, 0.2) is 24.5 Å². The Hall–Kier alpha value is -2.16. The first-order chi connectivity index (χ1) is 12.0. The molecule has 25 heavy (non-hydrogen) atoms. The molecule has 3 heterocycles. The number of alkyl halides is 3. The molecular formula is C16H20F3N5O. The molecule has 3 rings (SSSR count). The van der Waals surface area contributed by atoms with Crippen LogP contribution in [0.25, 0.3) is 0 Å². The molecule has 1 atom stereocenters. The van der Waals surface area contributed by atoms with Crippen molar-refractivity contribution in [2.45, 2.75) is 32.0 Å². The molecule has 6 nitrogen and oxygen atoms in total. The molecule has 0 spiro atoms. The van der Waals surface area contributed by atoms with Crippen LogP contribution < -0.4 is 4.90 Å². The normalized spacial score (nSPS) is 18.6. The zero-order valence-electron chi connectivity index (χ0n) is 13.7. The predicted molar refractivity (Wildman–Crippen MR) is 85.0 cm³/mol. The second-order valence-electron chi connectivity index (χ2n) is 6.26. The van der Waals surface area contributed by atoms with E-state index in [2.05, 4.69) is 15.3 Å². The van der Waals surface area contributed by atoms with Crippen molar-refractivity contribution in [3.05, 3.63) is 35.8 Å². The number of rotatable bonds is 5. The Bertz CT molecular complexity index is 703. The van der Waals surface area contributed by atoms with Crippen molar-refractivity contribution >= 4 is 5.82 Å². The molecule has 0 aromatic carbocycles. The molecule has 1 fully saturated rings. The molecule has 0 unspecified atom stereocenters. The Kier molecular flexibility index (Phi) is 5.22. The lowest BCUT2D eigenvalue weighted by molar-refractivity contribution is -0.137. The summed E-state index contributed by atoms with van der Waals surface area (Å²) in [6, 6.07) is 2.10. The van der Waals surface area contributed by atoms with Crippen LogP contribution in [0.1, 0.15) is 24.1 Å². The molecule has 1 aliphatic heterocycles. The minimum atomic E-state index is -4.36. The van der Waals surface area contributed by atoms with Gasteiger partial charge < -0.3 is 10.0 Å². The lowest BCUT2D eigenvalue weighted by Crippen LogP contribution is -2.37. The number of aliphatic hydroxyl groups is 1. The molecule has 1 aliphatic rings. The first-order valence-corrected chi connectivity index (χ1v) is 8.24. The van der Waals surface area contributed by atoms with E-state index >= 15 is 0 Å². The fourth-order valence-electron chi connectivity index (χ4n) is 3.11. The zero-order chi connectivity index (χ0) is 17.9. The first kappa shape index (κ1) is 17.7. The second kappa shape index (κ2) is 7.38. The lowest BCUT2D eigenvalue weighted by Gasteiger charge is -2.33. The quantitative estimate of drug-likeness (QED) is 0.890. The van der Waals surface area contributed by atoms with Gasteiger partial charge in [0.05, 0.1) is 11.3 Å². The molecule has 0 saturated carbocycles. The van der Waals surface area contributed by atoms with Crippen LogP contribution in [0.3, 0.4) is 0 Å². The molecule has 136 valence electrons. The van der Waals surface area contributed by atoms with E-state index in [1.165, 1.54) is 6.20 Å². The summed E-state index contributed by atoms with van der Waals surface area (Å²) in [4.78, 5) is 6.01. The van der Waals surface area contributed by atoms with Crippen molar-refractivity contribution in [3.63, 3.8) is 0 Å². The summed E-state index contributed by atoms with van der Waals surface area (Å²) >= 11 is 0. The Morgan fingerprint density at radius 1 is 1.32 bits per heavy atom. The van der Waals surface area contributed by atoms with Crippen LogP contribution in [0.4, 0.5) is 19.0 Å². The monoisotopic (exact) mass is 355 g/mol. The average Bonchev–Trinajstić information content (AvgIpc) is 3.02. The SMILES string of the molecule is OCCc1cn(C[C@@H]2CCCN(c3cc(C(F)(F)F)ccn3)C2)nn1. The summed E-state index contributed by atoms with van der Waals surface area (Å²) in [6.07, 6.45) is 0.977. The Balaban J connectivity index is 1.66. The van der Waals surface area contributed by atoms with E-state index in [1.54, 1.807) is 10.9 Å². The van der Waals surface area contributed by atoms with Crippen molar-refractivity contribution in [3.8, 4) is 0 Å². The maximum atomic E-state index is 12.9. The topological polar surface area (TPSA) is 67.1 Å². The highest BCUT2D eigenvalue weighted by Crippen LogP contribution is 2.31. The number of aliphatic hydroxyl groups excluding tert-OH is 1. The highest BCUT2D eigenvalue weighted by molar-refractivity contribution is 5.42. The van der Waals surface area contributed by atoms with Crippen molar-refractivity contribution in [1.29, 1.82) is 0 Å². The highest BCUT2D eigenvalue weighted by atomic mass is 19.4. The van der Waals surface area contributed by atoms with Crippen LogP contribution in [0.5, 0.6) is 0 Å².